The van der Waals surface area contributed by atoms with Crippen LogP contribution in [0, 0.1) is 12.0 Å². The average Bonchev–Trinajstić information content (AvgIpc) is 3.09. The van der Waals surface area contributed by atoms with Crippen molar-refractivity contribution in [2.24, 2.45) is 5.92 Å². The molecule has 1 radical (unpaired) electrons. The predicted molar refractivity (Wildman–Crippen MR) is 66.7 cm³/mol. The Morgan fingerprint density at radius 1 is 1.38 bits per heavy atom. The normalized spacial score (nSPS) is 15.2. The lowest BCUT2D eigenvalue weighted by Crippen LogP contribution is -2.04. The molecule has 1 saturated carbocycles. The molecule has 0 bridgehead atoms. The topological polar surface area (TPSA) is 9.23 Å². The molecule has 1 aliphatic carbocycles. The highest BCUT2D eigenvalue weighted by atomic mass is 16.5. The maximum Gasteiger partial charge on any atom is 0.120 e. The van der Waals surface area contributed by atoms with Gasteiger partial charge in [0.25, 0.3) is 0 Å². The van der Waals surface area contributed by atoms with E-state index in [1.807, 2.05) is 6.07 Å². The van der Waals surface area contributed by atoms with E-state index in [4.69, 9.17) is 4.74 Å². The van der Waals surface area contributed by atoms with Gasteiger partial charge in [-0.2, -0.15) is 0 Å². The Labute approximate surface area is 98.1 Å². The fraction of sp³-hybridized carbons (Fsp3) is 0.467. The lowest BCUT2D eigenvalue weighted by molar-refractivity contribution is 0.270. The van der Waals surface area contributed by atoms with Crippen LogP contribution in [0.1, 0.15) is 43.7 Å². The Morgan fingerprint density at radius 2 is 2.12 bits per heavy atom. The molecular formula is C15H19O. The Hall–Kier alpha value is -1.24. The number of benzene rings is 1. The molecule has 0 saturated heterocycles. The minimum atomic E-state index is 0.556. The van der Waals surface area contributed by atoms with Gasteiger partial charge < -0.3 is 4.74 Å². The minimum Gasteiger partial charge on any atom is -0.493 e. The molecule has 0 aromatic heterocycles. The Kier molecular flexibility index (Phi) is 3.33. The molecule has 0 N–H and O–H groups in total. The van der Waals surface area contributed by atoms with Crippen LogP contribution in [0.4, 0.5) is 0 Å². The summed E-state index contributed by atoms with van der Waals surface area (Å²) < 4.78 is 5.76. The quantitative estimate of drug-likeness (QED) is 0.723. The number of hydrogen-bond donors (Lipinski definition) is 0. The van der Waals surface area contributed by atoms with Crippen molar-refractivity contribution in [3.05, 3.63) is 42.0 Å². The zero-order valence-corrected chi connectivity index (χ0v) is 10.1. The molecule has 1 nitrogen and oxygen atoms in total. The molecule has 1 aromatic carbocycles. The highest BCUT2D eigenvalue weighted by molar-refractivity contribution is 5.40. The lowest BCUT2D eigenvalue weighted by Gasteiger charge is -2.11. The smallest absolute Gasteiger partial charge is 0.120 e. The predicted octanol–water partition coefficient (Wildman–Crippen LogP) is 3.94. The summed E-state index contributed by atoms with van der Waals surface area (Å²) in [7, 11) is 0. The van der Waals surface area contributed by atoms with E-state index in [9.17, 15) is 0 Å². The lowest BCUT2D eigenvalue weighted by atomic mass is 10.1. The van der Waals surface area contributed by atoms with E-state index >= 15 is 0 Å². The number of hydrogen-bond acceptors (Lipinski definition) is 1. The van der Waals surface area contributed by atoms with E-state index in [0.29, 0.717) is 5.92 Å². The molecule has 0 spiro atoms. The van der Waals surface area contributed by atoms with Crippen molar-refractivity contribution < 1.29 is 4.74 Å². The third-order valence-electron chi connectivity index (χ3n) is 2.77. The molecule has 2 rings (SSSR count). The molecule has 1 fully saturated rings. The second-order valence-corrected chi connectivity index (χ2v) is 4.95. The summed E-state index contributed by atoms with van der Waals surface area (Å²) in [6.07, 6.45) is 5.57. The minimum absolute atomic E-state index is 0.556. The van der Waals surface area contributed by atoms with Crippen LogP contribution in [0.2, 0.25) is 0 Å². The molecule has 16 heavy (non-hydrogen) atoms. The van der Waals surface area contributed by atoms with Gasteiger partial charge in [-0.25, -0.2) is 0 Å². The molecule has 85 valence electrons. The van der Waals surface area contributed by atoms with Crippen LogP contribution in [0.5, 0.6) is 5.75 Å². The molecule has 1 aromatic rings. The van der Waals surface area contributed by atoms with E-state index in [1.54, 1.807) is 0 Å². The molecule has 0 unspecified atom stereocenters. The number of ether oxygens (including phenoxy) is 1. The Morgan fingerprint density at radius 3 is 2.69 bits per heavy atom. The summed E-state index contributed by atoms with van der Waals surface area (Å²) in [5.74, 6) is 2.26. The van der Waals surface area contributed by atoms with Gasteiger partial charge in [-0.15, -0.1) is 0 Å². The van der Waals surface area contributed by atoms with Crippen LogP contribution in [-0.2, 0) is 0 Å². The zero-order valence-electron chi connectivity index (χ0n) is 10.1. The van der Waals surface area contributed by atoms with E-state index in [2.05, 4.69) is 38.6 Å². The van der Waals surface area contributed by atoms with Gasteiger partial charge in [-0.05, 0) is 54.0 Å². The zero-order chi connectivity index (χ0) is 11.5. The second kappa shape index (κ2) is 4.73. The summed E-state index contributed by atoms with van der Waals surface area (Å²) in [5.41, 5.74) is 2.43. The van der Waals surface area contributed by atoms with Gasteiger partial charge in [0.1, 0.15) is 5.75 Å². The van der Waals surface area contributed by atoms with Gasteiger partial charge in [0, 0.05) is 0 Å². The summed E-state index contributed by atoms with van der Waals surface area (Å²) in [6, 6.07) is 6.36. The van der Waals surface area contributed by atoms with Gasteiger partial charge in [0.15, 0.2) is 0 Å². The highest BCUT2D eigenvalue weighted by Gasteiger charge is 2.24. The van der Waals surface area contributed by atoms with Crippen LogP contribution in [0.3, 0.4) is 0 Å². The van der Waals surface area contributed by atoms with E-state index in [-0.39, 0.29) is 0 Å². The van der Waals surface area contributed by atoms with Crippen molar-refractivity contribution in [3.63, 3.8) is 0 Å². The molecule has 1 heteroatoms. The number of rotatable bonds is 5. The average molecular weight is 215 g/mol. The van der Waals surface area contributed by atoms with Crippen molar-refractivity contribution in [1.82, 2.24) is 0 Å². The van der Waals surface area contributed by atoms with Crippen LogP contribution in [-0.4, -0.2) is 6.61 Å². The molecule has 1 aliphatic rings. The van der Waals surface area contributed by atoms with E-state index in [0.717, 1.165) is 23.8 Å². The first-order valence-electron chi connectivity index (χ1n) is 6.00. The third kappa shape index (κ3) is 2.88. The summed E-state index contributed by atoms with van der Waals surface area (Å²) in [5, 5.41) is 0. The molecular weight excluding hydrogens is 196 g/mol. The van der Waals surface area contributed by atoms with Crippen LogP contribution in [0.25, 0.3) is 0 Å². The Balaban J connectivity index is 2.15. The van der Waals surface area contributed by atoms with Crippen molar-refractivity contribution >= 4 is 0 Å². The standard InChI is InChI=1S/C15H19O/c1-4-12-7-14(13-5-6-13)9-15(8-12)16-10-11(2)3/h7-9,11,13H,1,5-6,10H2,2-3H3. The van der Waals surface area contributed by atoms with Gasteiger partial charge >= 0.3 is 0 Å². The van der Waals surface area contributed by atoms with Gasteiger partial charge in [-0.3, -0.25) is 0 Å². The van der Waals surface area contributed by atoms with Crippen molar-refractivity contribution in [2.75, 3.05) is 6.61 Å². The van der Waals surface area contributed by atoms with E-state index < -0.39 is 0 Å². The largest absolute Gasteiger partial charge is 0.493 e. The fourth-order valence-electron chi connectivity index (χ4n) is 1.72. The van der Waals surface area contributed by atoms with Gasteiger partial charge in [0.05, 0.1) is 6.61 Å². The molecule has 0 atom stereocenters. The monoisotopic (exact) mass is 215 g/mol. The molecule has 0 aliphatic heterocycles. The maximum absolute atomic E-state index is 5.76. The molecule has 0 heterocycles. The van der Waals surface area contributed by atoms with Crippen LogP contribution >= 0.6 is 0 Å². The van der Waals surface area contributed by atoms with Gasteiger partial charge in [-0.1, -0.05) is 26.5 Å². The van der Waals surface area contributed by atoms with Crippen molar-refractivity contribution in [1.29, 1.82) is 0 Å². The maximum atomic E-state index is 5.76. The highest BCUT2D eigenvalue weighted by Crippen LogP contribution is 2.41. The first-order chi connectivity index (χ1) is 7.69. The van der Waals surface area contributed by atoms with Crippen LogP contribution < -0.4 is 4.74 Å². The van der Waals surface area contributed by atoms with Crippen LogP contribution in [0.15, 0.2) is 24.8 Å². The summed E-state index contributed by atoms with van der Waals surface area (Å²) in [6.45, 7) is 8.79. The first kappa shape index (κ1) is 11.3. The summed E-state index contributed by atoms with van der Waals surface area (Å²) in [4.78, 5) is 0. The van der Waals surface area contributed by atoms with E-state index in [1.165, 1.54) is 18.4 Å². The van der Waals surface area contributed by atoms with Crippen molar-refractivity contribution in [3.8, 4) is 5.75 Å². The van der Waals surface area contributed by atoms with Gasteiger partial charge in [0.2, 0.25) is 0 Å². The third-order valence-corrected chi connectivity index (χ3v) is 2.77. The Bertz CT molecular complexity index is 375. The molecule has 0 amide bonds. The van der Waals surface area contributed by atoms with Crippen molar-refractivity contribution in [2.45, 2.75) is 32.6 Å². The second-order valence-electron chi connectivity index (χ2n) is 4.95. The first-order valence-corrected chi connectivity index (χ1v) is 6.00. The summed E-state index contributed by atoms with van der Waals surface area (Å²) >= 11 is 0. The SMILES string of the molecule is C=[C]c1cc(OCC(C)C)cc(C2CC2)c1. The fourth-order valence-corrected chi connectivity index (χ4v) is 1.72.